The number of carbonyl (C=O) groups excluding carboxylic acids is 1. The van der Waals surface area contributed by atoms with E-state index < -0.39 is 24.5 Å². The van der Waals surface area contributed by atoms with E-state index in [1.165, 1.54) is 0 Å². The predicted octanol–water partition coefficient (Wildman–Crippen LogP) is 1.13. The zero-order valence-corrected chi connectivity index (χ0v) is 8.55. The van der Waals surface area contributed by atoms with Crippen LogP contribution in [-0.4, -0.2) is 36.1 Å². The van der Waals surface area contributed by atoms with Crippen LogP contribution in [-0.2, 0) is 4.79 Å². The first-order chi connectivity index (χ1) is 6.85. The Kier molecular flexibility index (Phi) is 3.59. The fraction of sp³-hybridized carbons (Fsp3) is 0.889. The van der Waals surface area contributed by atoms with Gasteiger partial charge in [-0.3, -0.25) is 4.79 Å². The molecule has 1 amide bonds. The van der Waals surface area contributed by atoms with Crippen LogP contribution in [0.3, 0.4) is 0 Å². The predicted molar refractivity (Wildman–Crippen MR) is 49.0 cm³/mol. The zero-order valence-electron chi connectivity index (χ0n) is 8.55. The Morgan fingerprint density at radius 1 is 1.53 bits per heavy atom. The summed E-state index contributed by atoms with van der Waals surface area (Å²) in [6.07, 6.45) is -3.00. The van der Waals surface area contributed by atoms with E-state index in [2.05, 4.69) is 0 Å². The summed E-state index contributed by atoms with van der Waals surface area (Å²) in [7, 11) is 0. The molecule has 0 radical (unpaired) electrons. The van der Waals surface area contributed by atoms with Gasteiger partial charge in [0.1, 0.15) is 6.54 Å². The summed E-state index contributed by atoms with van der Waals surface area (Å²) in [6, 6.07) is -0.229. The van der Waals surface area contributed by atoms with Crippen LogP contribution in [0.5, 0.6) is 0 Å². The first-order valence-corrected chi connectivity index (χ1v) is 4.92. The Bertz CT molecular complexity index is 238. The molecule has 0 aromatic rings. The maximum absolute atomic E-state index is 12.2. The van der Waals surface area contributed by atoms with Gasteiger partial charge < -0.3 is 10.6 Å². The Balaban J connectivity index is 2.61. The van der Waals surface area contributed by atoms with Gasteiger partial charge >= 0.3 is 6.18 Å². The second-order valence-corrected chi connectivity index (χ2v) is 3.95. The molecule has 0 spiro atoms. The highest BCUT2D eigenvalue weighted by molar-refractivity contribution is 5.79. The highest BCUT2D eigenvalue weighted by Gasteiger charge is 2.41. The van der Waals surface area contributed by atoms with Gasteiger partial charge in [-0.25, -0.2) is 0 Å². The van der Waals surface area contributed by atoms with Gasteiger partial charge in [0.2, 0.25) is 5.91 Å². The molecule has 1 aliphatic carbocycles. The van der Waals surface area contributed by atoms with Crippen molar-refractivity contribution >= 4 is 5.91 Å². The Labute approximate surface area is 86.4 Å². The van der Waals surface area contributed by atoms with Crippen LogP contribution >= 0.6 is 0 Å². The number of hydrogen-bond donors (Lipinski definition) is 1. The van der Waals surface area contributed by atoms with Crippen molar-refractivity contribution in [3.8, 4) is 0 Å². The van der Waals surface area contributed by atoms with E-state index in [1.807, 2.05) is 0 Å². The SMILES string of the molecule is CC(CN)C(=O)N(CC(F)(F)F)C1CC1. The molecule has 1 aliphatic rings. The molecule has 0 aromatic carbocycles. The average molecular weight is 224 g/mol. The fourth-order valence-corrected chi connectivity index (χ4v) is 1.35. The lowest BCUT2D eigenvalue weighted by Crippen LogP contribution is -2.44. The number of alkyl halides is 3. The standard InChI is InChI=1S/C9H15F3N2O/c1-6(4-13)8(15)14(7-2-3-7)5-9(10,11)12/h6-7H,2-5,13H2,1H3. The lowest BCUT2D eigenvalue weighted by molar-refractivity contribution is -0.164. The van der Waals surface area contributed by atoms with Gasteiger partial charge in [0.25, 0.3) is 0 Å². The van der Waals surface area contributed by atoms with Gasteiger partial charge in [-0.15, -0.1) is 0 Å². The summed E-state index contributed by atoms with van der Waals surface area (Å²) < 4.78 is 36.6. The molecule has 0 aromatic heterocycles. The first kappa shape index (κ1) is 12.3. The quantitative estimate of drug-likeness (QED) is 0.778. The monoisotopic (exact) mass is 224 g/mol. The van der Waals surface area contributed by atoms with Crippen LogP contribution in [0.15, 0.2) is 0 Å². The maximum atomic E-state index is 12.2. The van der Waals surface area contributed by atoms with Crippen LogP contribution in [0.4, 0.5) is 13.2 Å². The van der Waals surface area contributed by atoms with Crippen molar-refractivity contribution < 1.29 is 18.0 Å². The molecule has 15 heavy (non-hydrogen) atoms. The van der Waals surface area contributed by atoms with Crippen molar-refractivity contribution in [1.82, 2.24) is 4.90 Å². The number of carbonyl (C=O) groups is 1. The number of rotatable bonds is 4. The number of hydrogen-bond acceptors (Lipinski definition) is 2. The minimum absolute atomic E-state index is 0.0832. The Morgan fingerprint density at radius 2 is 2.07 bits per heavy atom. The van der Waals surface area contributed by atoms with E-state index in [0.29, 0.717) is 12.8 Å². The third kappa shape index (κ3) is 3.70. The smallest absolute Gasteiger partial charge is 0.330 e. The molecule has 1 saturated carbocycles. The van der Waals surface area contributed by atoms with Crippen molar-refractivity contribution in [2.24, 2.45) is 11.7 Å². The minimum Gasteiger partial charge on any atom is -0.330 e. The van der Waals surface area contributed by atoms with Gasteiger partial charge in [-0.1, -0.05) is 6.92 Å². The van der Waals surface area contributed by atoms with Crippen LogP contribution in [0.2, 0.25) is 0 Å². The Morgan fingerprint density at radius 3 is 2.40 bits per heavy atom. The Hall–Kier alpha value is -0.780. The summed E-state index contributed by atoms with van der Waals surface area (Å²) in [5, 5.41) is 0. The van der Waals surface area contributed by atoms with Crippen LogP contribution in [0.25, 0.3) is 0 Å². The second-order valence-electron chi connectivity index (χ2n) is 3.95. The molecule has 1 atom stereocenters. The van der Waals surface area contributed by atoms with Crippen LogP contribution in [0.1, 0.15) is 19.8 Å². The highest BCUT2D eigenvalue weighted by atomic mass is 19.4. The zero-order chi connectivity index (χ0) is 11.6. The molecular weight excluding hydrogens is 209 g/mol. The number of amides is 1. The lowest BCUT2D eigenvalue weighted by Gasteiger charge is -2.26. The summed E-state index contributed by atoms with van der Waals surface area (Å²) >= 11 is 0. The maximum Gasteiger partial charge on any atom is 0.406 e. The van der Waals surface area contributed by atoms with Crippen molar-refractivity contribution in [3.05, 3.63) is 0 Å². The number of nitrogens with zero attached hydrogens (tertiary/aromatic N) is 1. The van der Waals surface area contributed by atoms with Gasteiger partial charge in [0.15, 0.2) is 0 Å². The van der Waals surface area contributed by atoms with E-state index in [1.54, 1.807) is 6.92 Å². The van der Waals surface area contributed by atoms with E-state index in [9.17, 15) is 18.0 Å². The van der Waals surface area contributed by atoms with E-state index in [-0.39, 0.29) is 12.6 Å². The summed E-state index contributed by atoms with van der Waals surface area (Å²) in [6.45, 7) is 0.481. The normalized spacial score (nSPS) is 18.7. The van der Waals surface area contributed by atoms with Gasteiger partial charge in [0, 0.05) is 18.5 Å². The molecular formula is C9H15F3N2O. The molecule has 0 heterocycles. The first-order valence-electron chi connectivity index (χ1n) is 4.92. The summed E-state index contributed by atoms with van der Waals surface area (Å²) in [5.41, 5.74) is 5.27. The van der Waals surface area contributed by atoms with E-state index in [4.69, 9.17) is 5.73 Å². The van der Waals surface area contributed by atoms with Gasteiger partial charge in [-0.2, -0.15) is 13.2 Å². The lowest BCUT2D eigenvalue weighted by atomic mass is 10.1. The summed E-state index contributed by atoms with van der Waals surface area (Å²) in [5.74, 6) is -1.02. The van der Waals surface area contributed by atoms with Crippen molar-refractivity contribution in [2.75, 3.05) is 13.1 Å². The van der Waals surface area contributed by atoms with Crippen LogP contribution < -0.4 is 5.73 Å². The van der Waals surface area contributed by atoms with E-state index >= 15 is 0 Å². The molecule has 3 nitrogen and oxygen atoms in total. The minimum atomic E-state index is -4.33. The molecule has 1 rings (SSSR count). The third-order valence-electron chi connectivity index (χ3n) is 2.40. The van der Waals surface area contributed by atoms with Crippen molar-refractivity contribution in [1.29, 1.82) is 0 Å². The molecule has 0 bridgehead atoms. The number of halogens is 3. The molecule has 1 fully saturated rings. The third-order valence-corrected chi connectivity index (χ3v) is 2.40. The molecule has 88 valence electrons. The van der Waals surface area contributed by atoms with E-state index in [0.717, 1.165) is 4.90 Å². The molecule has 6 heteroatoms. The molecule has 2 N–H and O–H groups in total. The molecule has 1 unspecified atom stereocenters. The molecule has 0 saturated heterocycles. The average Bonchev–Trinajstić information content (AvgIpc) is 2.93. The summed E-state index contributed by atoms with van der Waals surface area (Å²) in [4.78, 5) is 12.5. The van der Waals surface area contributed by atoms with Gasteiger partial charge in [0.05, 0.1) is 0 Å². The van der Waals surface area contributed by atoms with Crippen molar-refractivity contribution in [3.63, 3.8) is 0 Å². The van der Waals surface area contributed by atoms with Crippen LogP contribution in [0, 0.1) is 5.92 Å². The largest absolute Gasteiger partial charge is 0.406 e. The highest BCUT2D eigenvalue weighted by Crippen LogP contribution is 2.31. The topological polar surface area (TPSA) is 46.3 Å². The molecule has 0 aliphatic heterocycles. The van der Waals surface area contributed by atoms with Crippen molar-refractivity contribution in [2.45, 2.75) is 32.0 Å². The second kappa shape index (κ2) is 4.38. The van der Waals surface area contributed by atoms with Gasteiger partial charge in [-0.05, 0) is 12.8 Å². The fourth-order valence-electron chi connectivity index (χ4n) is 1.35. The number of nitrogens with two attached hydrogens (primary N) is 1.